The van der Waals surface area contributed by atoms with Gasteiger partial charge in [0, 0.05) is 19.5 Å². The predicted molar refractivity (Wildman–Crippen MR) is 61.5 cm³/mol. The molecule has 0 aliphatic heterocycles. The highest BCUT2D eigenvalue weighted by Gasteiger charge is 2.20. The van der Waals surface area contributed by atoms with Gasteiger partial charge in [-0.3, -0.25) is 0 Å². The SMILES string of the molecule is CN(C)CC(C)(O)CNCCCCC#N. The van der Waals surface area contributed by atoms with Gasteiger partial charge in [-0.05, 0) is 40.4 Å². The van der Waals surface area contributed by atoms with E-state index in [1.807, 2.05) is 25.9 Å². The number of rotatable bonds is 8. The number of likely N-dealkylation sites (N-methyl/N-ethyl adjacent to an activating group) is 1. The third-order valence-electron chi connectivity index (χ3n) is 2.05. The third-order valence-corrected chi connectivity index (χ3v) is 2.05. The summed E-state index contributed by atoms with van der Waals surface area (Å²) < 4.78 is 0. The zero-order chi connectivity index (χ0) is 11.7. The molecule has 0 saturated heterocycles. The van der Waals surface area contributed by atoms with Crippen molar-refractivity contribution < 1.29 is 5.11 Å². The molecule has 0 bridgehead atoms. The molecule has 0 rings (SSSR count). The van der Waals surface area contributed by atoms with Crippen molar-refractivity contribution in [3.63, 3.8) is 0 Å². The van der Waals surface area contributed by atoms with E-state index in [1.54, 1.807) is 0 Å². The van der Waals surface area contributed by atoms with Gasteiger partial charge >= 0.3 is 0 Å². The summed E-state index contributed by atoms with van der Waals surface area (Å²) in [5, 5.41) is 21.5. The molecule has 1 atom stereocenters. The van der Waals surface area contributed by atoms with E-state index in [0.29, 0.717) is 19.5 Å². The molecule has 0 aromatic carbocycles. The maximum atomic E-state index is 9.93. The average molecular weight is 213 g/mol. The Labute approximate surface area is 92.9 Å². The second-order valence-electron chi connectivity index (χ2n) is 4.53. The summed E-state index contributed by atoms with van der Waals surface area (Å²) in [4.78, 5) is 1.97. The smallest absolute Gasteiger partial charge is 0.0869 e. The molecule has 15 heavy (non-hydrogen) atoms. The van der Waals surface area contributed by atoms with Crippen molar-refractivity contribution in [3.8, 4) is 6.07 Å². The maximum Gasteiger partial charge on any atom is 0.0869 e. The number of hydrogen-bond donors (Lipinski definition) is 2. The topological polar surface area (TPSA) is 59.3 Å². The molecule has 0 spiro atoms. The first kappa shape index (κ1) is 14.4. The second kappa shape index (κ2) is 7.63. The molecule has 4 nitrogen and oxygen atoms in total. The summed E-state index contributed by atoms with van der Waals surface area (Å²) in [6.45, 7) is 3.94. The van der Waals surface area contributed by atoms with Gasteiger partial charge in [0.05, 0.1) is 11.7 Å². The predicted octanol–water partition coefficient (Wildman–Crippen LogP) is 0.582. The molecule has 0 radical (unpaired) electrons. The number of nitrogens with one attached hydrogen (secondary N) is 1. The van der Waals surface area contributed by atoms with Crippen LogP contribution >= 0.6 is 0 Å². The van der Waals surface area contributed by atoms with Crippen LogP contribution in [0, 0.1) is 11.3 Å². The highest BCUT2D eigenvalue weighted by atomic mass is 16.3. The number of unbranched alkanes of at least 4 members (excludes halogenated alkanes) is 2. The van der Waals surface area contributed by atoms with E-state index < -0.39 is 5.60 Å². The van der Waals surface area contributed by atoms with Gasteiger partial charge in [0.15, 0.2) is 0 Å². The average Bonchev–Trinajstić information content (AvgIpc) is 2.08. The Bertz CT molecular complexity index is 196. The minimum Gasteiger partial charge on any atom is -0.388 e. The normalized spacial score (nSPS) is 14.9. The van der Waals surface area contributed by atoms with Crippen LogP contribution in [0.2, 0.25) is 0 Å². The van der Waals surface area contributed by atoms with Gasteiger partial charge in [0.25, 0.3) is 0 Å². The van der Waals surface area contributed by atoms with Gasteiger partial charge in [0.2, 0.25) is 0 Å². The lowest BCUT2D eigenvalue weighted by Gasteiger charge is -2.27. The monoisotopic (exact) mass is 213 g/mol. The molecular weight excluding hydrogens is 190 g/mol. The quantitative estimate of drug-likeness (QED) is 0.579. The molecule has 0 aliphatic carbocycles. The summed E-state index contributed by atoms with van der Waals surface area (Å²) in [5.41, 5.74) is -0.682. The van der Waals surface area contributed by atoms with Crippen LogP contribution in [0.5, 0.6) is 0 Å². The summed E-state index contributed by atoms with van der Waals surface area (Å²) >= 11 is 0. The van der Waals surface area contributed by atoms with Crippen molar-refractivity contribution in [1.29, 1.82) is 5.26 Å². The molecule has 88 valence electrons. The van der Waals surface area contributed by atoms with Crippen LogP contribution in [-0.4, -0.2) is 49.3 Å². The van der Waals surface area contributed by atoms with Gasteiger partial charge < -0.3 is 15.3 Å². The van der Waals surface area contributed by atoms with Crippen LogP contribution in [0.3, 0.4) is 0 Å². The maximum absolute atomic E-state index is 9.93. The van der Waals surface area contributed by atoms with Crippen LogP contribution in [-0.2, 0) is 0 Å². The molecule has 0 fully saturated rings. The standard InChI is InChI=1S/C11H23N3O/c1-11(15,10-14(2)3)9-13-8-6-4-5-7-12/h13,15H,4-6,8-10H2,1-3H3. The molecule has 4 heteroatoms. The summed E-state index contributed by atoms with van der Waals surface area (Å²) in [5.74, 6) is 0. The zero-order valence-electron chi connectivity index (χ0n) is 10.1. The largest absolute Gasteiger partial charge is 0.388 e. The van der Waals surface area contributed by atoms with E-state index in [0.717, 1.165) is 19.4 Å². The van der Waals surface area contributed by atoms with Crippen LogP contribution < -0.4 is 5.32 Å². The third kappa shape index (κ3) is 9.67. The van der Waals surface area contributed by atoms with Crippen LogP contribution in [0.4, 0.5) is 0 Å². The van der Waals surface area contributed by atoms with E-state index in [-0.39, 0.29) is 0 Å². The molecule has 0 heterocycles. The molecule has 0 saturated carbocycles. The minimum atomic E-state index is -0.682. The van der Waals surface area contributed by atoms with E-state index in [1.165, 1.54) is 0 Å². The van der Waals surface area contributed by atoms with E-state index in [9.17, 15) is 5.11 Å². The van der Waals surface area contributed by atoms with E-state index >= 15 is 0 Å². The summed E-state index contributed by atoms with van der Waals surface area (Å²) in [6.07, 6.45) is 2.54. The van der Waals surface area contributed by atoms with Crippen molar-refractivity contribution in [2.45, 2.75) is 31.8 Å². The Morgan fingerprint density at radius 3 is 2.60 bits per heavy atom. The van der Waals surface area contributed by atoms with Crippen LogP contribution in [0.1, 0.15) is 26.2 Å². The summed E-state index contributed by atoms with van der Waals surface area (Å²) in [6, 6.07) is 2.12. The fraction of sp³-hybridized carbons (Fsp3) is 0.909. The number of hydrogen-bond acceptors (Lipinski definition) is 4. The first-order valence-electron chi connectivity index (χ1n) is 5.43. The van der Waals surface area contributed by atoms with Crippen molar-refractivity contribution in [2.75, 3.05) is 33.7 Å². The fourth-order valence-corrected chi connectivity index (χ4v) is 1.55. The van der Waals surface area contributed by atoms with Gasteiger partial charge in [-0.15, -0.1) is 0 Å². The van der Waals surface area contributed by atoms with Crippen molar-refractivity contribution in [2.24, 2.45) is 0 Å². The van der Waals surface area contributed by atoms with Gasteiger partial charge in [-0.1, -0.05) is 0 Å². The van der Waals surface area contributed by atoms with Gasteiger partial charge in [-0.25, -0.2) is 0 Å². The molecule has 0 aromatic rings. The lowest BCUT2D eigenvalue weighted by atomic mass is 10.1. The first-order valence-corrected chi connectivity index (χ1v) is 5.43. The first-order chi connectivity index (χ1) is 6.98. The fourth-order valence-electron chi connectivity index (χ4n) is 1.55. The number of nitrogens with zero attached hydrogens (tertiary/aromatic N) is 2. The molecular formula is C11H23N3O. The number of nitriles is 1. The van der Waals surface area contributed by atoms with Crippen molar-refractivity contribution >= 4 is 0 Å². The molecule has 0 amide bonds. The van der Waals surface area contributed by atoms with Gasteiger partial charge in [-0.2, -0.15) is 5.26 Å². The summed E-state index contributed by atoms with van der Waals surface area (Å²) in [7, 11) is 3.89. The lowest BCUT2D eigenvalue weighted by Crippen LogP contribution is -2.45. The number of aliphatic hydroxyl groups is 1. The molecule has 2 N–H and O–H groups in total. The minimum absolute atomic E-state index is 0.595. The lowest BCUT2D eigenvalue weighted by molar-refractivity contribution is 0.0339. The Balaban J connectivity index is 3.45. The molecule has 0 aromatic heterocycles. The highest BCUT2D eigenvalue weighted by molar-refractivity contribution is 4.78. The highest BCUT2D eigenvalue weighted by Crippen LogP contribution is 2.02. The second-order valence-corrected chi connectivity index (χ2v) is 4.53. The Morgan fingerprint density at radius 2 is 2.07 bits per heavy atom. The van der Waals surface area contributed by atoms with Gasteiger partial charge in [0.1, 0.15) is 0 Å². The van der Waals surface area contributed by atoms with Crippen molar-refractivity contribution in [1.82, 2.24) is 10.2 Å². The Hall–Kier alpha value is -0.630. The van der Waals surface area contributed by atoms with Crippen LogP contribution in [0.15, 0.2) is 0 Å². The van der Waals surface area contributed by atoms with Crippen LogP contribution in [0.25, 0.3) is 0 Å². The Kier molecular flexibility index (Phi) is 7.31. The van der Waals surface area contributed by atoms with E-state index in [4.69, 9.17) is 5.26 Å². The molecule has 0 aliphatic rings. The Morgan fingerprint density at radius 1 is 1.40 bits per heavy atom. The van der Waals surface area contributed by atoms with Crippen molar-refractivity contribution in [3.05, 3.63) is 0 Å². The van der Waals surface area contributed by atoms with E-state index in [2.05, 4.69) is 11.4 Å². The molecule has 1 unspecified atom stereocenters. The zero-order valence-corrected chi connectivity index (χ0v) is 10.1.